The van der Waals surface area contributed by atoms with Gasteiger partial charge in [-0.05, 0) is 18.9 Å². The number of nitrogen functional groups attached to an aromatic ring is 1. The minimum atomic E-state index is -0.534. The number of nitrogens with zero attached hydrogens (tertiary/aromatic N) is 2. The summed E-state index contributed by atoms with van der Waals surface area (Å²) >= 11 is 0. The number of hydrogen-bond acceptors (Lipinski definition) is 5. The van der Waals surface area contributed by atoms with Gasteiger partial charge in [-0.25, -0.2) is 0 Å². The Kier molecular flexibility index (Phi) is 5.45. The first kappa shape index (κ1) is 15.9. The number of benzene rings is 1. The summed E-state index contributed by atoms with van der Waals surface area (Å²) in [5, 5.41) is 10.8. The second kappa shape index (κ2) is 6.85. The lowest BCUT2D eigenvalue weighted by Gasteiger charge is -2.27. The fraction of sp³-hybridized carbons (Fsp3) is 0.462. The average Bonchev–Trinajstić information content (AvgIpc) is 2.46. The Hall–Kier alpha value is -2.15. The van der Waals surface area contributed by atoms with Gasteiger partial charge < -0.3 is 10.3 Å². The van der Waals surface area contributed by atoms with Crippen LogP contribution < -0.4 is 11.3 Å². The van der Waals surface area contributed by atoms with E-state index in [1.54, 1.807) is 11.9 Å². The molecule has 0 aliphatic carbocycles. The molecule has 7 nitrogen and oxygen atoms in total. The molecule has 0 aliphatic heterocycles. The van der Waals surface area contributed by atoms with Crippen LogP contribution in [-0.4, -0.2) is 28.8 Å². The van der Waals surface area contributed by atoms with Gasteiger partial charge in [0.2, 0.25) is 0 Å². The van der Waals surface area contributed by atoms with Crippen LogP contribution in [0.1, 0.15) is 37.0 Å². The Labute approximate surface area is 117 Å². The lowest BCUT2D eigenvalue weighted by Crippen LogP contribution is -2.36. The maximum Gasteiger partial charge on any atom is 0.270 e. The maximum absolute atomic E-state index is 12.5. The van der Waals surface area contributed by atoms with Gasteiger partial charge >= 0.3 is 0 Å². The van der Waals surface area contributed by atoms with Crippen LogP contribution in [0.25, 0.3) is 0 Å². The molecule has 0 bridgehead atoms. The third-order valence-corrected chi connectivity index (χ3v) is 3.41. The topological polar surface area (TPSA) is 102 Å². The zero-order valence-electron chi connectivity index (χ0n) is 11.9. The molecule has 0 aliphatic rings. The normalized spacial score (nSPS) is 10.4. The molecule has 1 rings (SSSR count). The van der Waals surface area contributed by atoms with Crippen molar-refractivity contribution in [3.05, 3.63) is 33.9 Å². The smallest absolute Gasteiger partial charge is 0.270 e. The Balaban J connectivity index is 3.19. The zero-order valence-corrected chi connectivity index (χ0v) is 11.9. The van der Waals surface area contributed by atoms with Crippen molar-refractivity contribution in [1.29, 1.82) is 0 Å². The number of non-ortho nitro benzene ring substituents is 1. The molecule has 1 amide bonds. The van der Waals surface area contributed by atoms with Gasteiger partial charge in [0.25, 0.3) is 11.6 Å². The monoisotopic (exact) mass is 280 g/mol. The van der Waals surface area contributed by atoms with Crippen LogP contribution in [0.2, 0.25) is 0 Å². The van der Waals surface area contributed by atoms with Gasteiger partial charge in [-0.15, -0.1) is 0 Å². The predicted octanol–water partition coefficient (Wildman–Crippen LogP) is 2.14. The van der Waals surface area contributed by atoms with Gasteiger partial charge in [-0.1, -0.05) is 13.8 Å². The molecule has 1 aromatic carbocycles. The van der Waals surface area contributed by atoms with Gasteiger partial charge in [0.05, 0.1) is 16.2 Å². The van der Waals surface area contributed by atoms with Crippen molar-refractivity contribution in [2.45, 2.75) is 32.7 Å². The number of nitrogens with one attached hydrogen (secondary N) is 1. The third kappa shape index (κ3) is 3.24. The number of carbonyl (C=O) groups is 1. The third-order valence-electron chi connectivity index (χ3n) is 3.41. The van der Waals surface area contributed by atoms with Crippen molar-refractivity contribution in [1.82, 2.24) is 4.90 Å². The molecule has 0 spiro atoms. The van der Waals surface area contributed by atoms with Crippen LogP contribution in [-0.2, 0) is 0 Å². The number of nitrogens with two attached hydrogens (primary N) is 1. The highest BCUT2D eigenvalue weighted by Crippen LogP contribution is 2.24. The van der Waals surface area contributed by atoms with E-state index < -0.39 is 4.92 Å². The van der Waals surface area contributed by atoms with Crippen LogP contribution in [0.4, 0.5) is 11.4 Å². The number of hydrazine groups is 1. The SMILES string of the molecule is CCC(CC)N(C)C(=O)c1cc([N+](=O)[O-])ccc1NN. The van der Waals surface area contributed by atoms with Crippen molar-refractivity contribution in [3.63, 3.8) is 0 Å². The van der Waals surface area contributed by atoms with E-state index >= 15 is 0 Å². The first-order chi connectivity index (χ1) is 9.46. The van der Waals surface area contributed by atoms with Crippen molar-refractivity contribution in [3.8, 4) is 0 Å². The summed E-state index contributed by atoms with van der Waals surface area (Å²) in [5.41, 5.74) is 2.85. The molecule has 0 radical (unpaired) electrons. The van der Waals surface area contributed by atoms with Gasteiger partial charge in [0.15, 0.2) is 0 Å². The lowest BCUT2D eigenvalue weighted by molar-refractivity contribution is -0.384. The van der Waals surface area contributed by atoms with Crippen LogP contribution in [0.15, 0.2) is 18.2 Å². The average molecular weight is 280 g/mol. The number of amides is 1. The van der Waals surface area contributed by atoms with Crippen LogP contribution in [0, 0.1) is 10.1 Å². The quantitative estimate of drug-likeness (QED) is 0.472. The van der Waals surface area contributed by atoms with Gasteiger partial charge in [-0.2, -0.15) is 0 Å². The summed E-state index contributed by atoms with van der Waals surface area (Å²) in [7, 11) is 1.69. The summed E-state index contributed by atoms with van der Waals surface area (Å²) in [6.45, 7) is 3.99. The molecular formula is C13H20N4O3. The highest BCUT2D eigenvalue weighted by atomic mass is 16.6. The lowest BCUT2D eigenvalue weighted by atomic mass is 10.1. The van der Waals surface area contributed by atoms with Crippen molar-refractivity contribution >= 4 is 17.3 Å². The molecule has 0 saturated carbocycles. The standard InChI is InChI=1S/C13H20N4O3/c1-4-9(5-2)16(3)13(18)11-8-10(17(19)20)6-7-12(11)15-14/h6-9,15H,4-5,14H2,1-3H3. The molecule has 20 heavy (non-hydrogen) atoms. The fourth-order valence-electron chi connectivity index (χ4n) is 2.14. The Morgan fingerprint density at radius 2 is 2.05 bits per heavy atom. The largest absolute Gasteiger partial charge is 0.339 e. The zero-order chi connectivity index (χ0) is 15.3. The Bertz CT molecular complexity index is 500. The Morgan fingerprint density at radius 3 is 2.50 bits per heavy atom. The number of rotatable bonds is 6. The summed E-state index contributed by atoms with van der Waals surface area (Å²) in [6.07, 6.45) is 1.64. The first-order valence-electron chi connectivity index (χ1n) is 6.48. The van der Waals surface area contributed by atoms with Crippen LogP contribution in [0.5, 0.6) is 0 Å². The van der Waals surface area contributed by atoms with Gasteiger partial charge in [0, 0.05) is 25.2 Å². The molecule has 0 aromatic heterocycles. The molecule has 0 heterocycles. The highest BCUT2D eigenvalue weighted by molar-refractivity contribution is 6.00. The summed E-state index contributed by atoms with van der Waals surface area (Å²) in [6, 6.07) is 4.08. The van der Waals surface area contributed by atoms with E-state index in [1.165, 1.54) is 18.2 Å². The number of nitro groups is 1. The molecule has 0 unspecified atom stereocenters. The summed E-state index contributed by atoms with van der Waals surface area (Å²) in [5.74, 6) is 5.08. The summed E-state index contributed by atoms with van der Waals surface area (Å²) < 4.78 is 0. The van der Waals surface area contributed by atoms with E-state index in [1.807, 2.05) is 13.8 Å². The van der Waals surface area contributed by atoms with E-state index in [9.17, 15) is 14.9 Å². The highest BCUT2D eigenvalue weighted by Gasteiger charge is 2.23. The van der Waals surface area contributed by atoms with E-state index in [2.05, 4.69) is 5.43 Å². The van der Waals surface area contributed by atoms with E-state index in [0.29, 0.717) is 5.69 Å². The minimum absolute atomic E-state index is 0.0902. The summed E-state index contributed by atoms with van der Waals surface area (Å²) in [4.78, 5) is 24.4. The molecular weight excluding hydrogens is 260 g/mol. The number of hydrogen-bond donors (Lipinski definition) is 2. The van der Waals surface area contributed by atoms with Crippen LogP contribution in [0.3, 0.4) is 0 Å². The molecule has 0 fully saturated rings. The van der Waals surface area contributed by atoms with E-state index in [4.69, 9.17) is 5.84 Å². The molecule has 1 aromatic rings. The maximum atomic E-state index is 12.5. The molecule has 0 atom stereocenters. The number of nitro benzene ring substituents is 1. The molecule has 7 heteroatoms. The second-order valence-electron chi connectivity index (χ2n) is 4.52. The van der Waals surface area contributed by atoms with Gasteiger partial charge in [-0.3, -0.25) is 20.8 Å². The second-order valence-corrected chi connectivity index (χ2v) is 4.52. The van der Waals surface area contributed by atoms with Gasteiger partial charge in [0.1, 0.15) is 0 Å². The van der Waals surface area contributed by atoms with Crippen molar-refractivity contribution in [2.75, 3.05) is 12.5 Å². The minimum Gasteiger partial charge on any atom is -0.339 e. The Morgan fingerprint density at radius 1 is 1.45 bits per heavy atom. The predicted molar refractivity (Wildman–Crippen MR) is 77.4 cm³/mol. The van der Waals surface area contributed by atoms with Crippen LogP contribution >= 0.6 is 0 Å². The van der Waals surface area contributed by atoms with Crippen molar-refractivity contribution < 1.29 is 9.72 Å². The molecule has 3 N–H and O–H groups in total. The molecule has 110 valence electrons. The van der Waals surface area contributed by atoms with Crippen molar-refractivity contribution in [2.24, 2.45) is 5.84 Å². The fourth-order valence-corrected chi connectivity index (χ4v) is 2.14. The number of carbonyl (C=O) groups excluding carboxylic acids is 1. The first-order valence-corrected chi connectivity index (χ1v) is 6.48. The number of anilines is 1. The van der Waals surface area contributed by atoms with E-state index in [-0.39, 0.29) is 23.2 Å². The van der Waals surface area contributed by atoms with E-state index in [0.717, 1.165) is 12.8 Å². The molecule has 0 saturated heterocycles.